The third kappa shape index (κ3) is 2.54. The van der Waals surface area contributed by atoms with Crippen molar-refractivity contribution in [3.8, 4) is 0 Å². The van der Waals surface area contributed by atoms with E-state index >= 15 is 0 Å². The van der Waals surface area contributed by atoms with Gasteiger partial charge in [-0.25, -0.2) is 0 Å². The average molecular weight is 266 g/mol. The molecule has 7 heteroatoms. The fourth-order valence-corrected chi connectivity index (χ4v) is 1.76. The topological polar surface area (TPSA) is 110 Å². The van der Waals surface area contributed by atoms with Gasteiger partial charge in [-0.2, -0.15) is 5.10 Å². The quantitative estimate of drug-likeness (QED) is 0.669. The van der Waals surface area contributed by atoms with Crippen LogP contribution in [0.4, 0.5) is 11.5 Å². The van der Waals surface area contributed by atoms with Crippen LogP contribution in [0.1, 0.15) is 15.9 Å². The second kappa shape index (κ2) is 4.97. The Morgan fingerprint density at radius 1 is 1.50 bits per heavy atom. The molecule has 1 aromatic heterocycles. The highest BCUT2D eigenvalue weighted by Gasteiger charge is 2.07. The Morgan fingerprint density at radius 2 is 2.28 bits per heavy atom. The van der Waals surface area contributed by atoms with Crippen molar-refractivity contribution in [2.24, 2.45) is 5.73 Å². The second-order valence-corrected chi connectivity index (χ2v) is 4.13. The molecular weight excluding hydrogens is 254 g/mol. The highest BCUT2D eigenvalue weighted by molar-refractivity contribution is 6.34. The zero-order valence-electron chi connectivity index (χ0n) is 9.40. The molecule has 1 heterocycles. The normalized spacial score (nSPS) is 10.3. The number of halogens is 1. The number of hydrogen-bond donors (Lipinski definition) is 4. The van der Waals surface area contributed by atoms with Crippen molar-refractivity contribution in [2.75, 3.05) is 11.1 Å². The van der Waals surface area contributed by atoms with Crippen LogP contribution in [0.2, 0.25) is 5.02 Å². The Balaban J connectivity index is 2.09. The summed E-state index contributed by atoms with van der Waals surface area (Å²) in [6.45, 7) is 0.509. The first-order valence-electron chi connectivity index (χ1n) is 5.19. The van der Waals surface area contributed by atoms with Gasteiger partial charge in [0, 0.05) is 17.8 Å². The number of rotatable bonds is 4. The molecule has 0 atom stereocenters. The van der Waals surface area contributed by atoms with Gasteiger partial charge < -0.3 is 16.8 Å². The van der Waals surface area contributed by atoms with Gasteiger partial charge in [0.15, 0.2) is 0 Å². The molecule has 0 aliphatic heterocycles. The summed E-state index contributed by atoms with van der Waals surface area (Å²) in [6, 6.07) is 4.94. The van der Waals surface area contributed by atoms with E-state index in [9.17, 15) is 4.79 Å². The summed E-state index contributed by atoms with van der Waals surface area (Å²) in [4.78, 5) is 11.0. The number of hydrogen-bond acceptors (Lipinski definition) is 4. The number of aromatic amines is 1. The zero-order valence-corrected chi connectivity index (χ0v) is 10.2. The zero-order chi connectivity index (χ0) is 13.1. The van der Waals surface area contributed by atoms with Crippen LogP contribution in [0.15, 0.2) is 24.4 Å². The van der Waals surface area contributed by atoms with Crippen molar-refractivity contribution >= 4 is 29.0 Å². The molecule has 2 rings (SSSR count). The molecule has 0 unspecified atom stereocenters. The summed E-state index contributed by atoms with van der Waals surface area (Å²) in [6.07, 6.45) is 1.64. The van der Waals surface area contributed by atoms with Crippen LogP contribution in [0.25, 0.3) is 0 Å². The van der Waals surface area contributed by atoms with Crippen LogP contribution >= 0.6 is 11.6 Å². The van der Waals surface area contributed by atoms with Crippen LogP contribution in [0.3, 0.4) is 0 Å². The third-order valence-electron chi connectivity index (χ3n) is 2.47. The van der Waals surface area contributed by atoms with E-state index in [1.807, 2.05) is 0 Å². The lowest BCUT2D eigenvalue weighted by Gasteiger charge is -2.07. The van der Waals surface area contributed by atoms with E-state index in [1.165, 1.54) is 0 Å². The van der Waals surface area contributed by atoms with Crippen LogP contribution < -0.4 is 16.8 Å². The van der Waals surface area contributed by atoms with Crippen molar-refractivity contribution in [2.45, 2.75) is 6.54 Å². The number of H-pyrrole nitrogens is 1. The van der Waals surface area contributed by atoms with Gasteiger partial charge in [0.05, 0.1) is 16.8 Å². The van der Waals surface area contributed by atoms with Gasteiger partial charge in [0.1, 0.15) is 5.82 Å². The van der Waals surface area contributed by atoms with E-state index in [4.69, 9.17) is 23.1 Å². The lowest BCUT2D eigenvalue weighted by molar-refractivity contribution is 0.100. The van der Waals surface area contributed by atoms with Crippen molar-refractivity contribution < 1.29 is 4.79 Å². The Morgan fingerprint density at radius 3 is 2.83 bits per heavy atom. The van der Waals surface area contributed by atoms with Crippen LogP contribution in [0.5, 0.6) is 0 Å². The highest BCUT2D eigenvalue weighted by Crippen LogP contribution is 2.21. The summed E-state index contributed by atoms with van der Waals surface area (Å²) in [5, 5.41) is 9.88. The van der Waals surface area contributed by atoms with E-state index in [2.05, 4.69) is 15.5 Å². The van der Waals surface area contributed by atoms with Gasteiger partial charge in [-0.05, 0) is 18.2 Å². The molecule has 18 heavy (non-hydrogen) atoms. The minimum atomic E-state index is -0.550. The van der Waals surface area contributed by atoms with Gasteiger partial charge >= 0.3 is 0 Å². The fourth-order valence-electron chi connectivity index (χ4n) is 1.48. The Bertz CT molecular complexity index is 581. The minimum absolute atomic E-state index is 0.296. The molecule has 0 spiro atoms. The molecule has 0 bridgehead atoms. The number of carbonyl (C=O) groups is 1. The number of benzene rings is 1. The number of nitrogens with one attached hydrogen (secondary N) is 2. The lowest BCUT2D eigenvalue weighted by Crippen LogP contribution is -2.11. The number of nitrogens with zero attached hydrogens (tertiary/aromatic N) is 1. The number of nitrogen functional groups attached to an aromatic ring is 1. The summed E-state index contributed by atoms with van der Waals surface area (Å²) in [5.41, 5.74) is 12.7. The first-order chi connectivity index (χ1) is 8.58. The maximum absolute atomic E-state index is 11.0. The molecule has 0 saturated carbocycles. The third-order valence-corrected chi connectivity index (χ3v) is 2.78. The fraction of sp³-hybridized carbons (Fsp3) is 0.0909. The molecule has 6 N–H and O–H groups in total. The Hall–Kier alpha value is -2.21. The molecule has 1 aromatic carbocycles. The van der Waals surface area contributed by atoms with Gasteiger partial charge in [0.2, 0.25) is 5.91 Å². The number of aromatic nitrogens is 2. The number of primary amides is 1. The van der Waals surface area contributed by atoms with Crippen molar-refractivity contribution in [1.82, 2.24) is 10.2 Å². The highest BCUT2D eigenvalue weighted by atomic mass is 35.5. The number of anilines is 2. The van der Waals surface area contributed by atoms with Gasteiger partial charge in [-0.1, -0.05) is 11.6 Å². The van der Waals surface area contributed by atoms with Crippen molar-refractivity contribution in [1.29, 1.82) is 0 Å². The number of carbonyl (C=O) groups excluding carboxylic acids is 1. The SMILES string of the molecule is NC(=O)c1ccc(NCc2cn[nH]c2N)cc1Cl. The molecule has 1 amide bonds. The molecule has 6 nitrogen and oxygen atoms in total. The summed E-state index contributed by atoms with van der Waals surface area (Å²) in [5.74, 6) is -0.0343. The standard InChI is InChI=1S/C11H12ClN5O/c12-9-3-7(1-2-8(9)11(14)18)15-4-6-5-16-17-10(6)13/h1-3,5,15H,4H2,(H2,14,18)(H3,13,16,17). The minimum Gasteiger partial charge on any atom is -0.384 e. The maximum Gasteiger partial charge on any atom is 0.250 e. The molecule has 0 radical (unpaired) electrons. The van der Waals surface area contributed by atoms with Crippen molar-refractivity contribution in [3.05, 3.63) is 40.5 Å². The first kappa shape index (κ1) is 12.3. The van der Waals surface area contributed by atoms with Crippen molar-refractivity contribution in [3.63, 3.8) is 0 Å². The molecule has 0 aliphatic carbocycles. The lowest BCUT2D eigenvalue weighted by atomic mass is 10.2. The molecule has 0 fully saturated rings. The van der Waals surface area contributed by atoms with Gasteiger partial charge in [-0.3, -0.25) is 9.89 Å². The predicted molar refractivity (Wildman–Crippen MR) is 70.3 cm³/mol. The van der Waals surface area contributed by atoms with E-state index in [0.717, 1.165) is 11.3 Å². The molecular formula is C11H12ClN5O. The predicted octanol–water partition coefficient (Wildman–Crippen LogP) is 1.36. The second-order valence-electron chi connectivity index (χ2n) is 3.72. The van der Waals surface area contributed by atoms with Crippen LogP contribution in [0, 0.1) is 0 Å². The summed E-state index contributed by atoms with van der Waals surface area (Å²) < 4.78 is 0. The number of amides is 1. The number of nitrogens with two attached hydrogens (primary N) is 2. The van der Waals surface area contributed by atoms with E-state index in [-0.39, 0.29) is 0 Å². The van der Waals surface area contributed by atoms with Gasteiger partial charge in [0.25, 0.3) is 0 Å². The van der Waals surface area contributed by atoms with E-state index in [1.54, 1.807) is 24.4 Å². The largest absolute Gasteiger partial charge is 0.384 e. The smallest absolute Gasteiger partial charge is 0.250 e. The molecule has 94 valence electrons. The summed E-state index contributed by atoms with van der Waals surface area (Å²) >= 11 is 5.93. The average Bonchev–Trinajstić information content (AvgIpc) is 2.72. The maximum atomic E-state index is 11.0. The van der Waals surface area contributed by atoms with Crippen LogP contribution in [-0.4, -0.2) is 16.1 Å². The van der Waals surface area contributed by atoms with Crippen LogP contribution in [-0.2, 0) is 6.54 Å². The summed E-state index contributed by atoms with van der Waals surface area (Å²) in [7, 11) is 0. The van der Waals surface area contributed by atoms with Gasteiger partial charge in [-0.15, -0.1) is 0 Å². The Kier molecular flexibility index (Phi) is 3.38. The molecule has 0 saturated heterocycles. The van der Waals surface area contributed by atoms with E-state index < -0.39 is 5.91 Å². The molecule has 0 aliphatic rings. The monoisotopic (exact) mass is 265 g/mol. The Labute approximate surface area is 108 Å². The molecule has 2 aromatic rings. The van der Waals surface area contributed by atoms with E-state index in [0.29, 0.717) is 22.9 Å². The first-order valence-corrected chi connectivity index (χ1v) is 5.56.